The Labute approximate surface area is 156 Å². The summed E-state index contributed by atoms with van der Waals surface area (Å²) in [5.41, 5.74) is 3.48. The van der Waals surface area contributed by atoms with Crippen molar-refractivity contribution in [2.45, 2.75) is 31.6 Å². The van der Waals surface area contributed by atoms with Crippen LogP contribution in [0.4, 0.5) is 5.69 Å². The first-order chi connectivity index (χ1) is 12.6. The Balaban J connectivity index is 1.38. The first-order valence-electron chi connectivity index (χ1n) is 9.71. The summed E-state index contributed by atoms with van der Waals surface area (Å²) in [6.45, 7) is 5.07. The highest BCUT2D eigenvalue weighted by Gasteiger charge is 2.52. The fraction of sp³-hybridized carbons (Fsp3) is 0.435. The standard InChI is InChI=1S/C23H28N2O/c1-18-8-10-20(11-9-18)23(13-14-23)22(26)24(2)16-19-12-15-25(17-19)21-6-4-3-5-7-21/h3-11,19H,12-17H2,1-2H3. The molecule has 3 heteroatoms. The Morgan fingerprint density at radius 2 is 1.81 bits per heavy atom. The van der Waals surface area contributed by atoms with E-state index < -0.39 is 0 Å². The molecule has 136 valence electrons. The first kappa shape index (κ1) is 17.1. The Morgan fingerprint density at radius 1 is 1.12 bits per heavy atom. The first-order valence-corrected chi connectivity index (χ1v) is 9.71. The number of hydrogen-bond acceptors (Lipinski definition) is 2. The summed E-state index contributed by atoms with van der Waals surface area (Å²) < 4.78 is 0. The summed E-state index contributed by atoms with van der Waals surface area (Å²) >= 11 is 0. The second-order valence-electron chi connectivity index (χ2n) is 8.07. The van der Waals surface area contributed by atoms with E-state index in [0.717, 1.165) is 38.9 Å². The molecule has 1 saturated heterocycles. The summed E-state index contributed by atoms with van der Waals surface area (Å²) in [6.07, 6.45) is 3.13. The zero-order chi connectivity index (χ0) is 18.1. The highest BCUT2D eigenvalue weighted by molar-refractivity contribution is 5.91. The van der Waals surface area contributed by atoms with E-state index >= 15 is 0 Å². The zero-order valence-electron chi connectivity index (χ0n) is 15.8. The zero-order valence-corrected chi connectivity index (χ0v) is 15.8. The predicted octanol–water partition coefficient (Wildman–Crippen LogP) is 4.01. The van der Waals surface area contributed by atoms with Crippen molar-refractivity contribution in [1.82, 2.24) is 4.90 Å². The van der Waals surface area contributed by atoms with Gasteiger partial charge in [-0.05, 0) is 49.8 Å². The van der Waals surface area contributed by atoms with Crippen molar-refractivity contribution in [3.8, 4) is 0 Å². The third kappa shape index (κ3) is 3.23. The average Bonchev–Trinajstić information content (AvgIpc) is 3.35. The topological polar surface area (TPSA) is 23.6 Å². The van der Waals surface area contributed by atoms with Crippen molar-refractivity contribution >= 4 is 11.6 Å². The summed E-state index contributed by atoms with van der Waals surface area (Å²) in [4.78, 5) is 17.6. The van der Waals surface area contributed by atoms with Crippen molar-refractivity contribution in [3.05, 3.63) is 65.7 Å². The van der Waals surface area contributed by atoms with Crippen LogP contribution in [-0.2, 0) is 10.2 Å². The van der Waals surface area contributed by atoms with E-state index in [1.165, 1.54) is 16.8 Å². The number of aryl methyl sites for hydroxylation is 1. The maximum atomic E-state index is 13.2. The highest BCUT2D eigenvalue weighted by atomic mass is 16.2. The lowest BCUT2D eigenvalue weighted by Gasteiger charge is -2.27. The van der Waals surface area contributed by atoms with Crippen LogP contribution >= 0.6 is 0 Å². The van der Waals surface area contributed by atoms with E-state index in [0.29, 0.717) is 11.8 Å². The summed E-state index contributed by atoms with van der Waals surface area (Å²) in [5, 5.41) is 0. The van der Waals surface area contributed by atoms with Crippen molar-refractivity contribution in [3.63, 3.8) is 0 Å². The monoisotopic (exact) mass is 348 g/mol. The molecule has 0 aromatic heterocycles. The molecule has 0 bridgehead atoms. The molecule has 0 radical (unpaired) electrons. The van der Waals surface area contributed by atoms with Gasteiger partial charge < -0.3 is 9.80 Å². The quantitative estimate of drug-likeness (QED) is 0.815. The van der Waals surface area contributed by atoms with Gasteiger partial charge >= 0.3 is 0 Å². The van der Waals surface area contributed by atoms with E-state index in [-0.39, 0.29) is 5.41 Å². The Hall–Kier alpha value is -2.29. The van der Waals surface area contributed by atoms with E-state index in [2.05, 4.69) is 66.4 Å². The molecule has 1 aliphatic carbocycles. The van der Waals surface area contributed by atoms with Crippen LogP contribution in [0, 0.1) is 12.8 Å². The van der Waals surface area contributed by atoms with Gasteiger partial charge in [0, 0.05) is 32.4 Å². The van der Waals surface area contributed by atoms with Crippen LogP contribution in [0.1, 0.15) is 30.4 Å². The normalized spacial score (nSPS) is 20.8. The second kappa shape index (κ2) is 6.79. The third-order valence-electron chi connectivity index (χ3n) is 6.05. The van der Waals surface area contributed by atoms with Gasteiger partial charge in [0.2, 0.25) is 5.91 Å². The summed E-state index contributed by atoms with van der Waals surface area (Å²) in [6, 6.07) is 19.1. The highest BCUT2D eigenvalue weighted by Crippen LogP contribution is 2.49. The molecular formula is C23H28N2O. The number of hydrogen-bond donors (Lipinski definition) is 0. The largest absolute Gasteiger partial charge is 0.371 e. The average molecular weight is 348 g/mol. The summed E-state index contributed by atoms with van der Waals surface area (Å²) in [5.74, 6) is 0.859. The van der Waals surface area contributed by atoms with Crippen molar-refractivity contribution < 1.29 is 4.79 Å². The number of rotatable bonds is 5. The Morgan fingerprint density at radius 3 is 2.46 bits per heavy atom. The maximum Gasteiger partial charge on any atom is 0.232 e. The lowest BCUT2D eigenvalue weighted by molar-refractivity contribution is -0.133. The molecule has 2 aliphatic rings. The van der Waals surface area contributed by atoms with Crippen LogP contribution in [0.15, 0.2) is 54.6 Å². The molecule has 2 aromatic carbocycles. The molecule has 0 N–H and O–H groups in total. The van der Waals surface area contributed by atoms with E-state index in [9.17, 15) is 4.79 Å². The fourth-order valence-electron chi connectivity index (χ4n) is 4.31. The summed E-state index contributed by atoms with van der Waals surface area (Å²) in [7, 11) is 1.99. The van der Waals surface area contributed by atoms with E-state index in [1.54, 1.807) is 0 Å². The number of para-hydroxylation sites is 1. The lowest BCUT2D eigenvalue weighted by Crippen LogP contribution is -2.39. The number of benzene rings is 2. The van der Waals surface area contributed by atoms with Gasteiger partial charge in [0.05, 0.1) is 5.41 Å². The Kier molecular flexibility index (Phi) is 4.47. The van der Waals surface area contributed by atoms with Gasteiger partial charge in [0.1, 0.15) is 0 Å². The van der Waals surface area contributed by atoms with Crippen LogP contribution in [0.25, 0.3) is 0 Å². The number of nitrogens with zero attached hydrogens (tertiary/aromatic N) is 2. The fourth-order valence-corrected chi connectivity index (χ4v) is 4.31. The molecule has 1 amide bonds. The molecule has 26 heavy (non-hydrogen) atoms. The molecule has 0 spiro atoms. The smallest absolute Gasteiger partial charge is 0.232 e. The third-order valence-corrected chi connectivity index (χ3v) is 6.05. The van der Waals surface area contributed by atoms with E-state index in [1.807, 2.05) is 11.9 Å². The van der Waals surface area contributed by atoms with Crippen LogP contribution in [-0.4, -0.2) is 37.5 Å². The molecular weight excluding hydrogens is 320 g/mol. The van der Waals surface area contributed by atoms with E-state index in [4.69, 9.17) is 0 Å². The molecule has 3 nitrogen and oxygen atoms in total. The number of carbonyl (C=O) groups is 1. The minimum atomic E-state index is -0.250. The van der Waals surface area contributed by atoms with Crippen molar-refractivity contribution in [2.24, 2.45) is 5.92 Å². The SMILES string of the molecule is Cc1ccc(C2(C(=O)N(C)CC3CCN(c4ccccc4)C3)CC2)cc1. The molecule has 2 aromatic rings. The maximum absolute atomic E-state index is 13.2. The van der Waals surface area contributed by atoms with Gasteiger partial charge in [0.25, 0.3) is 0 Å². The molecule has 1 saturated carbocycles. The molecule has 1 unspecified atom stereocenters. The molecule has 1 atom stereocenters. The van der Waals surface area contributed by atoms with Crippen LogP contribution < -0.4 is 4.90 Å². The molecule has 1 aliphatic heterocycles. The number of carbonyl (C=O) groups excluding carboxylic acids is 1. The number of anilines is 1. The van der Waals surface area contributed by atoms with Crippen molar-refractivity contribution in [2.75, 3.05) is 31.6 Å². The number of likely N-dealkylation sites (N-methyl/N-ethyl adjacent to an activating group) is 1. The minimum Gasteiger partial charge on any atom is -0.371 e. The van der Waals surface area contributed by atoms with Gasteiger partial charge in [-0.2, -0.15) is 0 Å². The van der Waals surface area contributed by atoms with Crippen LogP contribution in [0.2, 0.25) is 0 Å². The predicted molar refractivity (Wildman–Crippen MR) is 106 cm³/mol. The van der Waals surface area contributed by atoms with Gasteiger partial charge in [-0.3, -0.25) is 4.79 Å². The molecule has 4 rings (SSSR count). The molecule has 2 fully saturated rings. The lowest BCUT2D eigenvalue weighted by atomic mass is 9.93. The number of amides is 1. The van der Waals surface area contributed by atoms with Gasteiger partial charge in [-0.1, -0.05) is 48.0 Å². The van der Waals surface area contributed by atoms with Crippen molar-refractivity contribution in [1.29, 1.82) is 0 Å². The minimum absolute atomic E-state index is 0.250. The second-order valence-corrected chi connectivity index (χ2v) is 8.07. The van der Waals surface area contributed by atoms with Gasteiger partial charge in [0.15, 0.2) is 0 Å². The van der Waals surface area contributed by atoms with Gasteiger partial charge in [-0.25, -0.2) is 0 Å². The Bertz CT molecular complexity index is 765. The van der Waals surface area contributed by atoms with Crippen LogP contribution in [0.3, 0.4) is 0 Å². The van der Waals surface area contributed by atoms with Crippen LogP contribution in [0.5, 0.6) is 0 Å². The van der Waals surface area contributed by atoms with Gasteiger partial charge in [-0.15, -0.1) is 0 Å². The molecule has 1 heterocycles.